The molecular formula is C14H21N3OS. The van der Waals surface area contributed by atoms with Gasteiger partial charge in [0.15, 0.2) is 0 Å². The normalized spacial score (nSPS) is 20.7. The lowest BCUT2D eigenvalue weighted by atomic mass is 9.85. The van der Waals surface area contributed by atoms with E-state index in [2.05, 4.69) is 21.0 Å². The smallest absolute Gasteiger partial charge is 0.315 e. The average Bonchev–Trinajstić information content (AvgIpc) is 3.07. The van der Waals surface area contributed by atoms with Crippen LogP contribution in [0.4, 0.5) is 4.79 Å². The van der Waals surface area contributed by atoms with E-state index in [4.69, 9.17) is 0 Å². The van der Waals surface area contributed by atoms with Crippen LogP contribution in [-0.2, 0) is 0 Å². The molecular weight excluding hydrogens is 258 g/mol. The zero-order valence-corrected chi connectivity index (χ0v) is 12.1. The topological polar surface area (TPSA) is 54.0 Å². The Morgan fingerprint density at radius 1 is 1.47 bits per heavy atom. The Labute approximate surface area is 118 Å². The summed E-state index contributed by atoms with van der Waals surface area (Å²) in [5, 5.41) is 9.22. The first kappa shape index (κ1) is 12.9. The molecule has 1 atom stereocenters. The van der Waals surface area contributed by atoms with Gasteiger partial charge in [-0.1, -0.05) is 6.42 Å². The van der Waals surface area contributed by atoms with Crippen molar-refractivity contribution >= 4 is 17.4 Å². The summed E-state index contributed by atoms with van der Waals surface area (Å²) in [4.78, 5) is 16.5. The van der Waals surface area contributed by atoms with Crippen molar-refractivity contribution in [2.75, 3.05) is 6.54 Å². The molecule has 4 nitrogen and oxygen atoms in total. The maximum atomic E-state index is 12.0. The lowest BCUT2D eigenvalue weighted by molar-refractivity contribution is 0.227. The molecule has 19 heavy (non-hydrogen) atoms. The van der Waals surface area contributed by atoms with Crippen molar-refractivity contribution in [3.8, 4) is 0 Å². The molecule has 5 heteroatoms. The number of rotatable bonds is 5. The fourth-order valence-electron chi connectivity index (χ4n) is 2.45. The molecule has 0 saturated heterocycles. The lowest BCUT2D eigenvalue weighted by Crippen LogP contribution is -2.41. The summed E-state index contributed by atoms with van der Waals surface area (Å²) >= 11 is 1.65. The highest BCUT2D eigenvalue weighted by Gasteiger charge is 2.35. The van der Waals surface area contributed by atoms with Crippen LogP contribution in [0.3, 0.4) is 0 Å². The fraction of sp³-hybridized carbons (Fsp3) is 0.714. The van der Waals surface area contributed by atoms with Crippen LogP contribution >= 0.6 is 11.3 Å². The van der Waals surface area contributed by atoms with Gasteiger partial charge in [-0.15, -0.1) is 11.3 Å². The maximum Gasteiger partial charge on any atom is 0.315 e. The summed E-state index contributed by atoms with van der Waals surface area (Å²) in [5.74, 6) is 1.28. The molecule has 104 valence electrons. The largest absolute Gasteiger partial charge is 0.338 e. The van der Waals surface area contributed by atoms with Crippen molar-refractivity contribution in [3.63, 3.8) is 0 Å². The molecule has 0 radical (unpaired) electrons. The van der Waals surface area contributed by atoms with Gasteiger partial charge >= 0.3 is 6.03 Å². The minimum atomic E-state index is -0.0309. The van der Waals surface area contributed by atoms with E-state index >= 15 is 0 Å². The SMILES string of the molecule is Cc1csc(C(NC(=O)NCC2CCC2)C2CC2)n1. The number of aromatic nitrogens is 1. The summed E-state index contributed by atoms with van der Waals surface area (Å²) in [5.41, 5.74) is 1.04. The number of carbonyl (C=O) groups is 1. The minimum absolute atomic E-state index is 0.0309. The summed E-state index contributed by atoms with van der Waals surface area (Å²) in [6.45, 7) is 2.82. The first-order valence-electron chi connectivity index (χ1n) is 7.19. The Morgan fingerprint density at radius 3 is 2.79 bits per heavy atom. The van der Waals surface area contributed by atoms with Crippen LogP contribution in [0.1, 0.15) is 48.8 Å². The van der Waals surface area contributed by atoms with Crippen molar-refractivity contribution in [3.05, 3.63) is 16.1 Å². The third-order valence-corrected chi connectivity index (χ3v) is 5.10. The van der Waals surface area contributed by atoms with Crippen molar-refractivity contribution in [1.29, 1.82) is 0 Å². The second-order valence-electron chi connectivity index (χ2n) is 5.79. The van der Waals surface area contributed by atoms with Crippen molar-refractivity contribution in [1.82, 2.24) is 15.6 Å². The van der Waals surface area contributed by atoms with Crippen LogP contribution in [0.15, 0.2) is 5.38 Å². The predicted molar refractivity (Wildman–Crippen MR) is 76.2 cm³/mol. The number of amides is 2. The molecule has 0 aromatic carbocycles. The van der Waals surface area contributed by atoms with Gasteiger partial charge < -0.3 is 10.6 Å². The van der Waals surface area contributed by atoms with Gasteiger partial charge in [0.25, 0.3) is 0 Å². The highest BCUT2D eigenvalue weighted by molar-refractivity contribution is 7.09. The van der Waals surface area contributed by atoms with E-state index in [-0.39, 0.29) is 12.1 Å². The predicted octanol–water partition coefficient (Wildman–Crippen LogP) is 3.00. The average molecular weight is 279 g/mol. The maximum absolute atomic E-state index is 12.0. The van der Waals surface area contributed by atoms with E-state index in [0.717, 1.165) is 17.2 Å². The number of hydrogen-bond acceptors (Lipinski definition) is 3. The van der Waals surface area contributed by atoms with E-state index in [1.807, 2.05) is 6.92 Å². The molecule has 2 aliphatic rings. The Morgan fingerprint density at radius 2 is 2.26 bits per heavy atom. The summed E-state index contributed by atoms with van der Waals surface area (Å²) in [6.07, 6.45) is 6.24. The number of nitrogens with zero attached hydrogens (tertiary/aromatic N) is 1. The minimum Gasteiger partial charge on any atom is -0.338 e. The van der Waals surface area contributed by atoms with Crippen LogP contribution in [0.25, 0.3) is 0 Å². The lowest BCUT2D eigenvalue weighted by Gasteiger charge is -2.26. The van der Waals surface area contributed by atoms with Gasteiger partial charge in [0.2, 0.25) is 0 Å². The molecule has 3 rings (SSSR count). The third kappa shape index (κ3) is 3.26. The van der Waals surface area contributed by atoms with Gasteiger partial charge in [0.1, 0.15) is 5.01 Å². The van der Waals surface area contributed by atoms with Gasteiger partial charge in [-0.3, -0.25) is 0 Å². The van der Waals surface area contributed by atoms with E-state index in [1.54, 1.807) is 11.3 Å². The van der Waals surface area contributed by atoms with E-state index in [0.29, 0.717) is 11.8 Å². The zero-order chi connectivity index (χ0) is 13.2. The van der Waals surface area contributed by atoms with E-state index < -0.39 is 0 Å². The highest BCUT2D eigenvalue weighted by Crippen LogP contribution is 2.41. The highest BCUT2D eigenvalue weighted by atomic mass is 32.1. The second kappa shape index (κ2) is 5.49. The van der Waals surface area contributed by atoms with Crippen LogP contribution in [0.5, 0.6) is 0 Å². The molecule has 0 spiro atoms. The molecule has 2 N–H and O–H groups in total. The molecule has 0 aliphatic heterocycles. The summed E-state index contributed by atoms with van der Waals surface area (Å²) in [6, 6.07) is 0.0803. The quantitative estimate of drug-likeness (QED) is 0.870. The zero-order valence-electron chi connectivity index (χ0n) is 11.3. The molecule has 1 heterocycles. The number of aryl methyl sites for hydroxylation is 1. The first-order valence-corrected chi connectivity index (χ1v) is 8.06. The molecule has 2 amide bonds. The Balaban J connectivity index is 1.53. The first-order chi connectivity index (χ1) is 9.22. The third-order valence-electron chi connectivity index (χ3n) is 4.06. The van der Waals surface area contributed by atoms with Gasteiger partial charge in [-0.25, -0.2) is 9.78 Å². The monoisotopic (exact) mass is 279 g/mol. The molecule has 2 aliphatic carbocycles. The Bertz CT molecular complexity index is 451. The number of thiazole rings is 1. The van der Waals surface area contributed by atoms with Crippen molar-refractivity contribution in [2.45, 2.75) is 45.1 Å². The number of urea groups is 1. The number of nitrogens with one attached hydrogen (secondary N) is 2. The molecule has 0 bridgehead atoms. The van der Waals surface area contributed by atoms with Crippen LogP contribution in [0, 0.1) is 18.8 Å². The Hall–Kier alpha value is -1.10. The summed E-state index contributed by atoms with van der Waals surface area (Å²) < 4.78 is 0. The number of hydrogen-bond donors (Lipinski definition) is 2. The number of carbonyl (C=O) groups excluding carboxylic acids is 1. The molecule has 2 saturated carbocycles. The Kier molecular flexibility index (Phi) is 3.73. The molecule has 1 aromatic rings. The van der Waals surface area contributed by atoms with E-state index in [1.165, 1.54) is 32.1 Å². The van der Waals surface area contributed by atoms with Crippen molar-refractivity contribution < 1.29 is 4.79 Å². The molecule has 1 unspecified atom stereocenters. The van der Waals surface area contributed by atoms with Crippen LogP contribution < -0.4 is 10.6 Å². The summed E-state index contributed by atoms with van der Waals surface area (Å²) in [7, 11) is 0. The van der Waals surface area contributed by atoms with Gasteiger partial charge in [-0.05, 0) is 44.4 Å². The van der Waals surface area contributed by atoms with Crippen molar-refractivity contribution in [2.24, 2.45) is 11.8 Å². The van der Waals surface area contributed by atoms with E-state index in [9.17, 15) is 4.79 Å². The van der Waals surface area contributed by atoms with Gasteiger partial charge in [0, 0.05) is 17.6 Å². The standard InChI is InChI=1S/C14H21N3OS/c1-9-8-19-13(16-9)12(11-5-6-11)17-14(18)15-7-10-3-2-4-10/h8,10-12H,2-7H2,1H3,(H2,15,17,18). The molecule has 1 aromatic heterocycles. The second-order valence-corrected chi connectivity index (χ2v) is 6.68. The fourth-order valence-corrected chi connectivity index (χ4v) is 3.39. The van der Waals surface area contributed by atoms with Gasteiger partial charge in [0.05, 0.1) is 6.04 Å². The molecule has 2 fully saturated rings. The van der Waals surface area contributed by atoms with Crippen LogP contribution in [0.2, 0.25) is 0 Å². The van der Waals surface area contributed by atoms with Gasteiger partial charge in [-0.2, -0.15) is 0 Å². The van der Waals surface area contributed by atoms with Crippen LogP contribution in [-0.4, -0.2) is 17.6 Å².